The first-order valence-electron chi connectivity index (χ1n) is 7.85. The molecule has 3 unspecified atom stereocenters. The van der Waals surface area contributed by atoms with Crippen LogP contribution in [0.25, 0.3) is 0 Å². The van der Waals surface area contributed by atoms with Gasteiger partial charge in [0, 0.05) is 12.2 Å². The third-order valence-electron chi connectivity index (χ3n) is 4.12. The molecule has 0 saturated heterocycles. The van der Waals surface area contributed by atoms with Crippen LogP contribution in [0.4, 0.5) is 10.1 Å². The molecule has 0 aliphatic heterocycles. The van der Waals surface area contributed by atoms with Gasteiger partial charge in [-0.3, -0.25) is 0 Å². The fourth-order valence-electron chi connectivity index (χ4n) is 2.90. The number of rotatable bonds is 6. The van der Waals surface area contributed by atoms with E-state index in [0.717, 1.165) is 12.0 Å². The van der Waals surface area contributed by atoms with E-state index in [1.54, 1.807) is 0 Å². The second kappa shape index (κ2) is 7.76. The molecule has 2 rings (SSSR count). The number of hydrogen-bond donors (Lipinski definition) is 2. The van der Waals surface area contributed by atoms with Crippen LogP contribution >= 0.6 is 0 Å². The van der Waals surface area contributed by atoms with Gasteiger partial charge in [0.1, 0.15) is 5.82 Å². The topological polar surface area (TPSA) is 41.5 Å². The summed E-state index contributed by atoms with van der Waals surface area (Å²) in [7, 11) is 0. The van der Waals surface area contributed by atoms with Crippen molar-refractivity contribution in [1.29, 1.82) is 0 Å². The minimum Gasteiger partial charge on any atom is -0.389 e. The van der Waals surface area contributed by atoms with Crippen LogP contribution in [0.2, 0.25) is 0 Å². The van der Waals surface area contributed by atoms with Crippen LogP contribution in [-0.2, 0) is 4.74 Å². The molecule has 3 nitrogen and oxygen atoms in total. The maximum Gasteiger partial charge on any atom is 0.125 e. The predicted octanol–water partition coefficient (Wildman–Crippen LogP) is 3.50. The zero-order valence-corrected chi connectivity index (χ0v) is 12.9. The number of aliphatic hydroxyl groups is 1. The van der Waals surface area contributed by atoms with Crippen LogP contribution in [0.1, 0.15) is 38.2 Å². The maximum absolute atomic E-state index is 13.3. The highest BCUT2D eigenvalue weighted by Crippen LogP contribution is 2.26. The summed E-state index contributed by atoms with van der Waals surface area (Å²) in [5.41, 5.74) is 1.55. The average Bonchev–Trinajstić information content (AvgIpc) is 2.43. The summed E-state index contributed by atoms with van der Waals surface area (Å²) in [5, 5.41) is 13.0. The van der Waals surface area contributed by atoms with Crippen molar-refractivity contribution in [2.75, 3.05) is 18.5 Å². The molecular weight excluding hydrogens is 269 g/mol. The van der Waals surface area contributed by atoms with E-state index in [4.69, 9.17) is 4.74 Å². The number of anilines is 1. The van der Waals surface area contributed by atoms with Crippen molar-refractivity contribution >= 4 is 5.69 Å². The molecule has 3 atom stereocenters. The molecule has 1 aliphatic rings. The molecule has 1 aromatic carbocycles. The van der Waals surface area contributed by atoms with Crippen LogP contribution in [0.3, 0.4) is 0 Å². The molecule has 0 spiro atoms. The second-order valence-electron chi connectivity index (χ2n) is 6.19. The van der Waals surface area contributed by atoms with Gasteiger partial charge in [-0.2, -0.15) is 0 Å². The van der Waals surface area contributed by atoms with E-state index in [1.165, 1.54) is 31.4 Å². The highest BCUT2D eigenvalue weighted by molar-refractivity contribution is 5.46. The largest absolute Gasteiger partial charge is 0.389 e. The van der Waals surface area contributed by atoms with E-state index in [9.17, 15) is 9.50 Å². The molecule has 1 aromatic rings. The van der Waals surface area contributed by atoms with Crippen molar-refractivity contribution in [3.8, 4) is 0 Å². The van der Waals surface area contributed by atoms with Gasteiger partial charge in [-0.05, 0) is 49.4 Å². The molecule has 0 radical (unpaired) electrons. The lowest BCUT2D eigenvalue weighted by atomic mass is 9.88. The number of ether oxygens (including phenoxy) is 1. The summed E-state index contributed by atoms with van der Waals surface area (Å²) in [4.78, 5) is 0. The number of halogens is 1. The van der Waals surface area contributed by atoms with Gasteiger partial charge < -0.3 is 15.2 Å². The Labute approximate surface area is 126 Å². The average molecular weight is 295 g/mol. The van der Waals surface area contributed by atoms with E-state index in [0.29, 0.717) is 24.8 Å². The van der Waals surface area contributed by atoms with Crippen LogP contribution in [0.5, 0.6) is 0 Å². The molecule has 1 saturated carbocycles. The summed E-state index contributed by atoms with van der Waals surface area (Å²) >= 11 is 0. The Hall–Kier alpha value is -1.13. The molecule has 118 valence electrons. The predicted molar refractivity (Wildman–Crippen MR) is 83.0 cm³/mol. The Morgan fingerprint density at radius 2 is 2.10 bits per heavy atom. The third kappa shape index (κ3) is 5.29. The van der Waals surface area contributed by atoms with Crippen molar-refractivity contribution in [1.82, 2.24) is 0 Å². The number of benzene rings is 1. The molecule has 0 amide bonds. The molecule has 0 aromatic heterocycles. The number of aryl methyl sites for hydroxylation is 1. The fourth-order valence-corrected chi connectivity index (χ4v) is 2.90. The Bertz CT molecular complexity index is 432. The lowest BCUT2D eigenvalue weighted by Gasteiger charge is -2.29. The van der Waals surface area contributed by atoms with Crippen molar-refractivity contribution in [3.63, 3.8) is 0 Å². The Morgan fingerprint density at radius 3 is 2.81 bits per heavy atom. The lowest BCUT2D eigenvalue weighted by Crippen LogP contribution is -2.32. The minimum absolute atomic E-state index is 0.265. The van der Waals surface area contributed by atoms with Gasteiger partial charge in [0.25, 0.3) is 0 Å². The van der Waals surface area contributed by atoms with Gasteiger partial charge in [0.2, 0.25) is 0 Å². The highest BCUT2D eigenvalue weighted by atomic mass is 19.1. The molecular formula is C17H26FNO2. The lowest BCUT2D eigenvalue weighted by molar-refractivity contribution is -0.0424. The Balaban J connectivity index is 1.73. The van der Waals surface area contributed by atoms with Crippen molar-refractivity contribution in [3.05, 3.63) is 29.6 Å². The normalized spacial score (nSPS) is 23.8. The van der Waals surface area contributed by atoms with Gasteiger partial charge >= 0.3 is 0 Å². The minimum atomic E-state index is -0.581. The first-order valence-corrected chi connectivity index (χ1v) is 7.85. The first-order chi connectivity index (χ1) is 10.0. The van der Waals surface area contributed by atoms with Crippen molar-refractivity contribution in [2.24, 2.45) is 5.92 Å². The summed E-state index contributed by atoms with van der Waals surface area (Å²) in [6.45, 7) is 4.75. The van der Waals surface area contributed by atoms with E-state index in [-0.39, 0.29) is 11.9 Å². The number of nitrogens with one attached hydrogen (secondary N) is 1. The van der Waals surface area contributed by atoms with Gasteiger partial charge in [0.05, 0.1) is 18.8 Å². The monoisotopic (exact) mass is 295 g/mol. The quantitative estimate of drug-likeness (QED) is 0.844. The summed E-state index contributed by atoms with van der Waals surface area (Å²) < 4.78 is 19.1. The zero-order chi connectivity index (χ0) is 15.2. The second-order valence-corrected chi connectivity index (χ2v) is 6.19. The summed E-state index contributed by atoms with van der Waals surface area (Å²) in [6.07, 6.45) is 4.48. The van der Waals surface area contributed by atoms with Crippen LogP contribution in [0.15, 0.2) is 18.2 Å². The third-order valence-corrected chi connectivity index (χ3v) is 4.12. The molecule has 1 fully saturated rings. The van der Waals surface area contributed by atoms with Crippen LogP contribution in [-0.4, -0.2) is 30.5 Å². The zero-order valence-electron chi connectivity index (χ0n) is 12.9. The van der Waals surface area contributed by atoms with E-state index >= 15 is 0 Å². The Morgan fingerprint density at radius 1 is 1.33 bits per heavy atom. The molecule has 0 bridgehead atoms. The molecule has 0 heterocycles. The summed E-state index contributed by atoms with van der Waals surface area (Å²) in [6, 6.07) is 4.78. The Kier molecular flexibility index (Phi) is 6.00. The van der Waals surface area contributed by atoms with Gasteiger partial charge in [-0.1, -0.05) is 19.8 Å². The number of hydrogen-bond acceptors (Lipinski definition) is 3. The first kappa shape index (κ1) is 16.2. The highest BCUT2D eigenvalue weighted by Gasteiger charge is 2.22. The van der Waals surface area contributed by atoms with Crippen LogP contribution < -0.4 is 5.32 Å². The van der Waals surface area contributed by atoms with Gasteiger partial charge in [-0.15, -0.1) is 0 Å². The molecule has 1 aliphatic carbocycles. The van der Waals surface area contributed by atoms with Gasteiger partial charge in [-0.25, -0.2) is 4.39 Å². The maximum atomic E-state index is 13.3. The summed E-state index contributed by atoms with van der Waals surface area (Å²) in [5.74, 6) is 0.309. The SMILES string of the molecule is Cc1cc(F)cc(NCC(O)COC2CCCCC2C)c1. The molecule has 2 N–H and O–H groups in total. The van der Waals surface area contributed by atoms with Gasteiger partial charge in [0.15, 0.2) is 0 Å². The molecule has 21 heavy (non-hydrogen) atoms. The van der Waals surface area contributed by atoms with Crippen molar-refractivity contribution < 1.29 is 14.2 Å². The standard InChI is InChI=1S/C17H26FNO2/c1-12-7-14(18)9-15(8-12)19-10-16(20)11-21-17-6-4-3-5-13(17)2/h7-9,13,16-17,19-20H,3-6,10-11H2,1-2H3. The smallest absolute Gasteiger partial charge is 0.125 e. The van der Waals surface area contributed by atoms with E-state index < -0.39 is 6.10 Å². The number of aliphatic hydroxyl groups excluding tert-OH is 1. The van der Waals surface area contributed by atoms with E-state index in [1.807, 2.05) is 13.0 Å². The van der Waals surface area contributed by atoms with Crippen LogP contribution in [0, 0.1) is 18.7 Å². The molecule has 4 heteroatoms. The van der Waals surface area contributed by atoms with E-state index in [2.05, 4.69) is 12.2 Å². The fraction of sp³-hybridized carbons (Fsp3) is 0.647. The van der Waals surface area contributed by atoms with Crippen molar-refractivity contribution in [2.45, 2.75) is 51.7 Å².